The minimum absolute atomic E-state index is 0.0217. The van der Waals surface area contributed by atoms with Crippen molar-refractivity contribution in [3.05, 3.63) is 58.3 Å². The van der Waals surface area contributed by atoms with Gasteiger partial charge in [0.25, 0.3) is 11.8 Å². The van der Waals surface area contributed by atoms with Gasteiger partial charge in [0.15, 0.2) is 0 Å². The molecule has 8 heteroatoms. The average Bonchev–Trinajstić information content (AvgIpc) is 3.63. The highest BCUT2D eigenvalue weighted by Crippen LogP contribution is 2.40. The molecule has 184 valence electrons. The molecule has 1 aromatic carbocycles. The summed E-state index contributed by atoms with van der Waals surface area (Å²) in [6.07, 6.45) is 4.54. The number of nitrogens with zero attached hydrogens (tertiary/aromatic N) is 3. The van der Waals surface area contributed by atoms with Gasteiger partial charge in [-0.1, -0.05) is 26.0 Å². The second-order valence-electron chi connectivity index (χ2n) is 10.4. The Hall–Kier alpha value is -3.42. The molecule has 3 aliphatic rings. The van der Waals surface area contributed by atoms with Crippen LogP contribution in [0.2, 0.25) is 0 Å². The topological polar surface area (TPSA) is 94.6 Å². The smallest absolute Gasteiger partial charge is 0.322 e. The van der Waals surface area contributed by atoms with E-state index < -0.39 is 11.6 Å². The molecule has 1 unspecified atom stereocenters. The number of hydrogen-bond donors (Lipinski definition) is 2. The number of urea groups is 1. The molecule has 4 amide bonds. The van der Waals surface area contributed by atoms with Gasteiger partial charge in [0, 0.05) is 37.9 Å². The largest absolute Gasteiger partial charge is 0.353 e. The number of anilines is 1. The molecular weight excluding hydrogens is 442 g/mol. The summed E-state index contributed by atoms with van der Waals surface area (Å²) in [5.41, 5.74) is 3.51. The highest BCUT2D eigenvalue weighted by atomic mass is 16.2. The van der Waals surface area contributed by atoms with Gasteiger partial charge in [0.05, 0.1) is 0 Å². The van der Waals surface area contributed by atoms with E-state index in [0.29, 0.717) is 30.1 Å². The molecule has 1 saturated carbocycles. The Kier molecular flexibility index (Phi) is 5.77. The predicted octanol–water partition coefficient (Wildman–Crippen LogP) is 3.23. The van der Waals surface area contributed by atoms with Crippen LogP contribution in [0.25, 0.3) is 0 Å². The van der Waals surface area contributed by atoms with Crippen LogP contribution in [0.5, 0.6) is 0 Å². The molecule has 5 rings (SSSR count). The molecule has 2 aromatic rings. The number of rotatable bonds is 5. The number of piperazine rings is 1. The minimum Gasteiger partial charge on any atom is -0.353 e. The Morgan fingerprint density at radius 2 is 1.77 bits per heavy atom. The first-order chi connectivity index (χ1) is 16.7. The van der Waals surface area contributed by atoms with Crippen molar-refractivity contribution >= 4 is 23.7 Å². The molecule has 0 radical (unpaired) electrons. The van der Waals surface area contributed by atoms with Crippen molar-refractivity contribution in [3.63, 3.8) is 0 Å². The molecular formula is C27H33N5O3. The third-order valence-electron chi connectivity index (χ3n) is 7.65. The van der Waals surface area contributed by atoms with Gasteiger partial charge in [-0.2, -0.15) is 0 Å². The fourth-order valence-electron chi connectivity index (χ4n) is 5.48. The number of benzene rings is 1. The zero-order chi connectivity index (χ0) is 24.9. The molecule has 3 heterocycles. The number of aryl methyl sites for hydroxylation is 2. The lowest BCUT2D eigenvalue weighted by Crippen LogP contribution is -2.49. The monoisotopic (exact) mass is 475 g/mol. The summed E-state index contributed by atoms with van der Waals surface area (Å²) in [6, 6.07) is 7.17. The van der Waals surface area contributed by atoms with Gasteiger partial charge in [-0.05, 0) is 72.9 Å². The quantitative estimate of drug-likeness (QED) is 0.648. The second kappa shape index (κ2) is 8.66. The Morgan fingerprint density at radius 1 is 1.06 bits per heavy atom. The van der Waals surface area contributed by atoms with E-state index in [1.165, 1.54) is 24.0 Å². The van der Waals surface area contributed by atoms with Crippen molar-refractivity contribution < 1.29 is 14.4 Å². The fraction of sp³-hybridized carbons (Fsp3) is 0.481. The Labute approximate surface area is 206 Å². The van der Waals surface area contributed by atoms with Crippen LogP contribution in [0.3, 0.4) is 0 Å². The van der Waals surface area contributed by atoms with Crippen molar-refractivity contribution in [2.24, 2.45) is 5.92 Å². The van der Waals surface area contributed by atoms with Crippen molar-refractivity contribution in [3.8, 4) is 0 Å². The summed E-state index contributed by atoms with van der Waals surface area (Å²) < 4.78 is 0. The minimum atomic E-state index is -1.13. The number of nitrogens with one attached hydrogen (secondary N) is 2. The third-order valence-corrected chi connectivity index (χ3v) is 7.65. The molecule has 1 aromatic heterocycles. The molecule has 2 N–H and O–H groups in total. The van der Waals surface area contributed by atoms with E-state index >= 15 is 0 Å². The molecule has 2 aliphatic heterocycles. The summed E-state index contributed by atoms with van der Waals surface area (Å²) >= 11 is 0. The Bertz CT molecular complexity index is 1200. The lowest BCUT2D eigenvalue weighted by atomic mass is 9.77. The lowest BCUT2D eigenvalue weighted by Gasteiger charge is -2.36. The van der Waals surface area contributed by atoms with E-state index in [1.54, 1.807) is 12.1 Å². The maximum atomic E-state index is 13.3. The molecule has 1 atom stereocenters. The maximum absolute atomic E-state index is 13.3. The number of carbonyl (C=O) groups excluding carboxylic acids is 3. The van der Waals surface area contributed by atoms with Crippen LogP contribution in [-0.4, -0.2) is 53.9 Å². The highest BCUT2D eigenvalue weighted by Gasteiger charge is 2.50. The van der Waals surface area contributed by atoms with E-state index in [4.69, 9.17) is 4.98 Å². The van der Waals surface area contributed by atoms with E-state index in [0.717, 1.165) is 24.5 Å². The van der Waals surface area contributed by atoms with Crippen LogP contribution >= 0.6 is 0 Å². The number of hydrogen-bond acceptors (Lipinski definition) is 5. The molecule has 0 bridgehead atoms. The number of imide groups is 1. The van der Waals surface area contributed by atoms with Crippen molar-refractivity contribution in [1.29, 1.82) is 0 Å². The first-order valence-electron chi connectivity index (χ1n) is 12.5. The number of aromatic nitrogens is 1. The number of carbonyl (C=O) groups is 3. The summed E-state index contributed by atoms with van der Waals surface area (Å²) in [4.78, 5) is 46.8. The maximum Gasteiger partial charge on any atom is 0.322 e. The van der Waals surface area contributed by atoms with Gasteiger partial charge in [-0.25, -0.2) is 9.78 Å². The summed E-state index contributed by atoms with van der Waals surface area (Å²) in [6.45, 7) is 10.5. The van der Waals surface area contributed by atoms with E-state index in [9.17, 15) is 14.4 Å². The first kappa shape index (κ1) is 23.3. The molecule has 0 spiro atoms. The van der Waals surface area contributed by atoms with E-state index in [-0.39, 0.29) is 17.7 Å². The highest BCUT2D eigenvalue weighted by molar-refractivity contribution is 6.08. The van der Waals surface area contributed by atoms with Crippen molar-refractivity contribution in [1.82, 2.24) is 20.5 Å². The van der Waals surface area contributed by atoms with Gasteiger partial charge in [-0.3, -0.25) is 14.9 Å². The third kappa shape index (κ3) is 4.05. The van der Waals surface area contributed by atoms with Gasteiger partial charge < -0.3 is 15.1 Å². The van der Waals surface area contributed by atoms with Crippen LogP contribution in [0.15, 0.2) is 30.5 Å². The van der Waals surface area contributed by atoms with E-state index in [2.05, 4.69) is 28.5 Å². The average molecular weight is 476 g/mol. The molecule has 3 fully saturated rings. The Balaban J connectivity index is 1.29. The standard InChI is InChI=1S/C27H33N5O3/c1-16(2)27(25(34)29-26(35)30-27)22-8-7-20(13-17(22)3)24(33)32-11-9-31(10-12-32)23-18(4)14-21(15-28-23)19-5-6-19/h7-8,13-16,19H,5-6,9-12H2,1-4H3,(H2,29,30,34,35). The van der Waals surface area contributed by atoms with Crippen LogP contribution in [0.4, 0.5) is 10.6 Å². The van der Waals surface area contributed by atoms with Crippen LogP contribution in [0, 0.1) is 19.8 Å². The first-order valence-corrected chi connectivity index (χ1v) is 12.5. The molecule has 8 nitrogen and oxygen atoms in total. The second-order valence-corrected chi connectivity index (χ2v) is 10.4. The van der Waals surface area contributed by atoms with Crippen LogP contribution < -0.4 is 15.5 Å². The normalized spacial score (nSPS) is 22.4. The number of amides is 4. The summed E-state index contributed by atoms with van der Waals surface area (Å²) in [5, 5.41) is 5.18. The van der Waals surface area contributed by atoms with Crippen LogP contribution in [0.1, 0.15) is 65.2 Å². The lowest BCUT2D eigenvalue weighted by molar-refractivity contribution is -0.125. The van der Waals surface area contributed by atoms with Gasteiger partial charge in [-0.15, -0.1) is 0 Å². The molecule has 2 saturated heterocycles. The zero-order valence-corrected chi connectivity index (χ0v) is 20.9. The zero-order valence-electron chi connectivity index (χ0n) is 20.9. The summed E-state index contributed by atoms with van der Waals surface area (Å²) in [5.74, 6) is 1.17. The Morgan fingerprint density at radius 3 is 2.31 bits per heavy atom. The van der Waals surface area contributed by atoms with Crippen LogP contribution in [-0.2, 0) is 10.3 Å². The fourth-order valence-corrected chi connectivity index (χ4v) is 5.48. The van der Waals surface area contributed by atoms with Gasteiger partial charge in [0.1, 0.15) is 11.4 Å². The van der Waals surface area contributed by atoms with Gasteiger partial charge in [0.2, 0.25) is 0 Å². The van der Waals surface area contributed by atoms with Crippen molar-refractivity contribution in [2.45, 2.75) is 52.0 Å². The van der Waals surface area contributed by atoms with Gasteiger partial charge >= 0.3 is 6.03 Å². The summed E-state index contributed by atoms with van der Waals surface area (Å²) in [7, 11) is 0. The molecule has 35 heavy (non-hydrogen) atoms. The van der Waals surface area contributed by atoms with Crippen molar-refractivity contribution in [2.75, 3.05) is 31.1 Å². The van der Waals surface area contributed by atoms with E-state index in [1.807, 2.05) is 37.9 Å². The number of pyridine rings is 1. The SMILES string of the molecule is Cc1cc(C(=O)N2CCN(c3ncc(C4CC4)cc3C)CC2)ccc1C1(C(C)C)NC(=O)NC1=O. The molecule has 1 aliphatic carbocycles. The predicted molar refractivity (Wildman–Crippen MR) is 133 cm³/mol.